The highest BCUT2D eigenvalue weighted by Gasteiger charge is 2.00. The fourth-order valence-electron chi connectivity index (χ4n) is 2.95. The Kier molecular flexibility index (Phi) is 9.57. The Bertz CT molecular complexity index is 665. The van der Waals surface area contributed by atoms with E-state index in [-0.39, 0.29) is 5.63 Å². The first-order valence-corrected chi connectivity index (χ1v) is 10.2. The predicted molar refractivity (Wildman–Crippen MR) is 108 cm³/mol. The van der Waals surface area contributed by atoms with Crippen LogP contribution >= 0.6 is 12.6 Å². The highest BCUT2D eigenvalue weighted by atomic mass is 32.1. The molecule has 0 unspecified atom stereocenters. The third-order valence-corrected chi connectivity index (χ3v) is 4.73. The molecular formula is C21H30O3S. The van der Waals surface area contributed by atoms with E-state index in [0.29, 0.717) is 12.2 Å². The molecule has 138 valence electrons. The van der Waals surface area contributed by atoms with E-state index in [1.165, 1.54) is 63.9 Å². The highest BCUT2D eigenvalue weighted by molar-refractivity contribution is 7.80. The van der Waals surface area contributed by atoms with Crippen LogP contribution in [0, 0.1) is 0 Å². The Morgan fingerprint density at radius 1 is 0.800 bits per heavy atom. The molecule has 0 saturated carbocycles. The minimum atomic E-state index is -0.327. The quantitative estimate of drug-likeness (QED) is 0.270. The molecule has 1 aromatic heterocycles. The summed E-state index contributed by atoms with van der Waals surface area (Å²) in [5, 5.41) is 0.914. The van der Waals surface area contributed by atoms with Crippen molar-refractivity contribution in [3.63, 3.8) is 0 Å². The van der Waals surface area contributed by atoms with Gasteiger partial charge in [0.25, 0.3) is 0 Å². The Hall–Kier alpha value is -1.42. The molecule has 0 amide bonds. The smallest absolute Gasteiger partial charge is 0.336 e. The first-order chi connectivity index (χ1) is 12.3. The maximum absolute atomic E-state index is 11.3. The molecule has 1 heterocycles. The number of unbranched alkanes of at least 4 members (excludes halogenated alkanes) is 9. The van der Waals surface area contributed by atoms with Gasteiger partial charge in [0, 0.05) is 17.5 Å². The lowest BCUT2D eigenvalue weighted by molar-refractivity contribution is 0.304. The summed E-state index contributed by atoms with van der Waals surface area (Å²) < 4.78 is 10.9. The Balaban J connectivity index is 1.51. The number of hydrogen-bond donors (Lipinski definition) is 1. The van der Waals surface area contributed by atoms with Crippen LogP contribution in [-0.4, -0.2) is 12.4 Å². The number of rotatable bonds is 13. The second kappa shape index (κ2) is 12.0. The van der Waals surface area contributed by atoms with Gasteiger partial charge in [-0.15, -0.1) is 0 Å². The van der Waals surface area contributed by atoms with Crippen molar-refractivity contribution in [3.8, 4) is 5.75 Å². The SMILES string of the molecule is O=c1ccc2ccc(OCCCCCCCCCCCCS)cc2o1. The molecule has 0 radical (unpaired) electrons. The molecule has 0 fully saturated rings. The van der Waals surface area contributed by atoms with E-state index in [1.807, 2.05) is 12.1 Å². The lowest BCUT2D eigenvalue weighted by Crippen LogP contribution is -1.98. The highest BCUT2D eigenvalue weighted by Crippen LogP contribution is 2.20. The third kappa shape index (κ3) is 8.00. The molecular weight excluding hydrogens is 332 g/mol. The second-order valence-corrected chi connectivity index (χ2v) is 7.01. The van der Waals surface area contributed by atoms with Gasteiger partial charge >= 0.3 is 5.63 Å². The zero-order valence-electron chi connectivity index (χ0n) is 15.0. The van der Waals surface area contributed by atoms with Crippen molar-refractivity contribution in [2.45, 2.75) is 64.2 Å². The second-order valence-electron chi connectivity index (χ2n) is 6.56. The fourth-order valence-corrected chi connectivity index (χ4v) is 3.17. The summed E-state index contributed by atoms with van der Waals surface area (Å²) in [6.07, 6.45) is 12.9. The number of thiol groups is 1. The van der Waals surface area contributed by atoms with Crippen LogP contribution in [0.25, 0.3) is 11.0 Å². The molecule has 0 N–H and O–H groups in total. The molecule has 25 heavy (non-hydrogen) atoms. The molecule has 0 saturated heterocycles. The number of hydrogen-bond acceptors (Lipinski definition) is 4. The van der Waals surface area contributed by atoms with Crippen LogP contribution in [0.2, 0.25) is 0 Å². The zero-order chi connectivity index (χ0) is 17.7. The summed E-state index contributed by atoms with van der Waals surface area (Å²) in [6.45, 7) is 0.715. The molecule has 0 aliphatic rings. The Labute approximate surface area is 156 Å². The van der Waals surface area contributed by atoms with Gasteiger partial charge in [0.15, 0.2) is 0 Å². The summed E-state index contributed by atoms with van der Waals surface area (Å²) in [6, 6.07) is 8.85. The van der Waals surface area contributed by atoms with E-state index in [1.54, 1.807) is 12.1 Å². The van der Waals surface area contributed by atoms with E-state index in [2.05, 4.69) is 12.6 Å². The van der Waals surface area contributed by atoms with Crippen LogP contribution < -0.4 is 10.4 Å². The Morgan fingerprint density at radius 2 is 1.40 bits per heavy atom. The molecule has 1 aromatic carbocycles. The first kappa shape index (κ1) is 19.9. The zero-order valence-corrected chi connectivity index (χ0v) is 15.9. The molecule has 3 nitrogen and oxygen atoms in total. The van der Waals surface area contributed by atoms with Gasteiger partial charge in [-0.2, -0.15) is 12.6 Å². The first-order valence-electron chi connectivity index (χ1n) is 9.57. The normalized spacial score (nSPS) is 11.1. The molecule has 2 rings (SSSR count). The number of benzene rings is 1. The van der Waals surface area contributed by atoms with Crippen molar-refractivity contribution in [3.05, 3.63) is 40.8 Å². The van der Waals surface area contributed by atoms with E-state index in [4.69, 9.17) is 9.15 Å². The minimum Gasteiger partial charge on any atom is -0.493 e. The average molecular weight is 363 g/mol. The van der Waals surface area contributed by atoms with Gasteiger partial charge in [0.05, 0.1) is 6.61 Å². The van der Waals surface area contributed by atoms with Crippen LogP contribution in [0.1, 0.15) is 64.2 Å². The topological polar surface area (TPSA) is 39.4 Å². The maximum Gasteiger partial charge on any atom is 0.336 e. The van der Waals surface area contributed by atoms with Gasteiger partial charge in [0.2, 0.25) is 0 Å². The van der Waals surface area contributed by atoms with E-state index >= 15 is 0 Å². The molecule has 2 aromatic rings. The molecule has 0 spiro atoms. The number of ether oxygens (including phenoxy) is 1. The largest absolute Gasteiger partial charge is 0.493 e. The lowest BCUT2D eigenvalue weighted by Gasteiger charge is -2.07. The maximum atomic E-state index is 11.3. The van der Waals surface area contributed by atoms with E-state index in [9.17, 15) is 4.79 Å². The van der Waals surface area contributed by atoms with Crippen molar-refractivity contribution in [1.82, 2.24) is 0 Å². The van der Waals surface area contributed by atoms with Gasteiger partial charge in [-0.25, -0.2) is 4.79 Å². The van der Waals surface area contributed by atoms with Crippen molar-refractivity contribution in [2.24, 2.45) is 0 Å². The lowest BCUT2D eigenvalue weighted by atomic mass is 10.1. The van der Waals surface area contributed by atoms with Gasteiger partial charge < -0.3 is 9.15 Å². The van der Waals surface area contributed by atoms with Crippen molar-refractivity contribution >= 4 is 23.6 Å². The van der Waals surface area contributed by atoms with Crippen molar-refractivity contribution in [2.75, 3.05) is 12.4 Å². The monoisotopic (exact) mass is 362 g/mol. The summed E-state index contributed by atoms with van der Waals surface area (Å²) in [7, 11) is 0. The Morgan fingerprint density at radius 3 is 2.08 bits per heavy atom. The van der Waals surface area contributed by atoms with Crippen molar-refractivity contribution < 1.29 is 9.15 Å². The number of fused-ring (bicyclic) bond motifs is 1. The van der Waals surface area contributed by atoms with Crippen LogP contribution in [-0.2, 0) is 0 Å². The molecule has 4 heteroatoms. The standard InChI is InChI=1S/C21H30O3S/c22-21-14-12-18-11-13-19(17-20(18)24-21)23-15-9-7-5-3-1-2-4-6-8-10-16-25/h11-14,17,25H,1-10,15-16H2. The molecule has 0 bridgehead atoms. The van der Waals surface area contributed by atoms with Crippen LogP contribution in [0.15, 0.2) is 39.5 Å². The van der Waals surface area contributed by atoms with Gasteiger partial charge in [0.1, 0.15) is 11.3 Å². The van der Waals surface area contributed by atoms with Gasteiger partial charge in [-0.3, -0.25) is 0 Å². The third-order valence-electron chi connectivity index (χ3n) is 4.42. The van der Waals surface area contributed by atoms with Crippen LogP contribution in [0.4, 0.5) is 0 Å². The average Bonchev–Trinajstić information content (AvgIpc) is 2.62. The summed E-state index contributed by atoms with van der Waals surface area (Å²) in [4.78, 5) is 11.3. The molecule has 0 atom stereocenters. The molecule has 0 aliphatic carbocycles. The minimum absolute atomic E-state index is 0.327. The predicted octanol–water partition coefficient (Wildman–Crippen LogP) is 6.00. The van der Waals surface area contributed by atoms with Crippen LogP contribution in [0.3, 0.4) is 0 Å². The van der Waals surface area contributed by atoms with Gasteiger partial charge in [-0.1, -0.05) is 51.4 Å². The van der Waals surface area contributed by atoms with E-state index in [0.717, 1.165) is 23.3 Å². The molecule has 0 aliphatic heterocycles. The summed E-state index contributed by atoms with van der Waals surface area (Å²) in [5.41, 5.74) is 0.255. The summed E-state index contributed by atoms with van der Waals surface area (Å²) in [5.74, 6) is 1.79. The van der Waals surface area contributed by atoms with Crippen LogP contribution in [0.5, 0.6) is 5.75 Å². The fraction of sp³-hybridized carbons (Fsp3) is 0.571. The van der Waals surface area contributed by atoms with Gasteiger partial charge in [-0.05, 0) is 36.8 Å². The van der Waals surface area contributed by atoms with E-state index < -0.39 is 0 Å². The summed E-state index contributed by atoms with van der Waals surface area (Å²) >= 11 is 4.24. The van der Waals surface area contributed by atoms with Crippen molar-refractivity contribution in [1.29, 1.82) is 0 Å².